The summed E-state index contributed by atoms with van der Waals surface area (Å²) in [5, 5.41) is 8.63. The average Bonchev–Trinajstić information content (AvgIpc) is 2.45. The lowest BCUT2D eigenvalue weighted by molar-refractivity contribution is 0.119. The van der Waals surface area contributed by atoms with Gasteiger partial charge in [0.1, 0.15) is 6.07 Å². The van der Waals surface area contributed by atoms with E-state index < -0.39 is 21.3 Å². The second kappa shape index (κ2) is 7.93. The predicted octanol–water partition coefficient (Wildman–Crippen LogP) is 5.13. The average molecular weight is 376 g/mol. The van der Waals surface area contributed by atoms with Crippen LogP contribution in [-0.2, 0) is 23.4 Å². The molecule has 0 spiro atoms. The fraction of sp³-hybridized carbons (Fsp3) is 0.533. The molecule has 5 nitrogen and oxygen atoms in total. The number of hydrogen-bond acceptors (Lipinski definition) is 5. The lowest BCUT2D eigenvalue weighted by atomic mass is 10.1. The maximum absolute atomic E-state index is 13.4. The Morgan fingerprint density at radius 1 is 1.17 bits per heavy atom. The van der Waals surface area contributed by atoms with Crippen molar-refractivity contribution in [2.24, 2.45) is 0 Å². The third-order valence-electron chi connectivity index (χ3n) is 2.82. The molecule has 0 saturated carbocycles. The quantitative estimate of drug-likeness (QED) is 0.465. The number of hydrogen-bond donors (Lipinski definition) is 0. The molecule has 1 rings (SSSR count). The Morgan fingerprint density at radius 3 is 2.00 bits per heavy atom. The molecule has 0 saturated heterocycles. The molecule has 1 atom stereocenters. The first-order chi connectivity index (χ1) is 10.6. The van der Waals surface area contributed by atoms with Gasteiger partial charge in [0.05, 0.1) is 13.2 Å². The first-order valence-corrected chi connectivity index (χ1v) is 12.7. The van der Waals surface area contributed by atoms with E-state index in [0.29, 0.717) is 10.6 Å². The van der Waals surface area contributed by atoms with Crippen molar-refractivity contribution in [3.05, 3.63) is 34.9 Å². The summed E-state index contributed by atoms with van der Waals surface area (Å²) in [6.07, 6.45) is 0. The Morgan fingerprint density at radius 2 is 1.65 bits per heavy atom. The van der Waals surface area contributed by atoms with Gasteiger partial charge in [-0.05, 0) is 45.6 Å². The summed E-state index contributed by atoms with van der Waals surface area (Å²) in [5.74, 6) is 0. The van der Waals surface area contributed by atoms with Gasteiger partial charge in [-0.25, -0.2) is 0 Å². The van der Waals surface area contributed by atoms with Gasteiger partial charge < -0.3 is 13.5 Å². The number of nitrogens with zero attached hydrogens (tertiary/aromatic N) is 1. The molecule has 1 unspecified atom stereocenters. The Labute approximate surface area is 144 Å². The van der Waals surface area contributed by atoms with Crippen molar-refractivity contribution in [1.29, 1.82) is 5.26 Å². The summed E-state index contributed by atoms with van der Waals surface area (Å²) < 4.78 is 30.4. The fourth-order valence-corrected chi connectivity index (χ4v) is 6.25. The van der Waals surface area contributed by atoms with E-state index in [-0.39, 0.29) is 13.2 Å². The number of nitriles is 1. The zero-order chi connectivity index (χ0) is 17.7. The summed E-state index contributed by atoms with van der Waals surface area (Å²) in [4.78, 5) is 0. The smallest absolute Gasteiger partial charge is 0.380 e. The minimum Gasteiger partial charge on any atom is -0.388 e. The van der Waals surface area contributed by atoms with Crippen molar-refractivity contribution in [2.45, 2.75) is 38.8 Å². The summed E-state index contributed by atoms with van der Waals surface area (Å²) in [6, 6.07) is 8.56. The van der Waals surface area contributed by atoms with Gasteiger partial charge >= 0.3 is 7.60 Å². The molecule has 0 aliphatic heterocycles. The van der Waals surface area contributed by atoms with E-state index in [4.69, 9.17) is 25.1 Å². The predicted molar refractivity (Wildman–Crippen MR) is 94.0 cm³/mol. The minimum absolute atomic E-state index is 0.142. The normalized spacial score (nSPS) is 15.0. The van der Waals surface area contributed by atoms with Crippen LogP contribution in [0.25, 0.3) is 0 Å². The third kappa shape index (κ3) is 4.66. The van der Waals surface area contributed by atoms with Gasteiger partial charge in [0.2, 0.25) is 0 Å². The molecule has 0 fully saturated rings. The molecule has 0 aliphatic rings. The summed E-state index contributed by atoms with van der Waals surface area (Å²) in [5.41, 5.74) is 0.414. The Balaban J connectivity index is 3.60. The van der Waals surface area contributed by atoms with Crippen LogP contribution in [0.3, 0.4) is 0 Å². The van der Waals surface area contributed by atoms with Crippen molar-refractivity contribution in [1.82, 2.24) is 0 Å². The molecule has 8 heteroatoms. The molecule has 0 radical (unpaired) electrons. The second-order valence-corrected chi connectivity index (χ2v) is 12.8. The molecule has 0 aromatic heterocycles. The van der Waals surface area contributed by atoms with Gasteiger partial charge in [-0.3, -0.25) is 4.57 Å². The van der Waals surface area contributed by atoms with Crippen molar-refractivity contribution in [3.63, 3.8) is 0 Å². The third-order valence-corrected chi connectivity index (χ3v) is 6.58. The van der Waals surface area contributed by atoms with E-state index in [1.54, 1.807) is 38.1 Å². The maximum Gasteiger partial charge on any atom is 0.380 e. The molecule has 1 aromatic rings. The lowest BCUT2D eigenvalue weighted by Gasteiger charge is -2.38. The first-order valence-electron chi connectivity index (χ1n) is 7.41. The zero-order valence-corrected chi connectivity index (χ0v) is 16.8. The van der Waals surface area contributed by atoms with Gasteiger partial charge in [0, 0.05) is 10.6 Å². The number of benzene rings is 1. The van der Waals surface area contributed by atoms with Crippen LogP contribution in [-0.4, -0.2) is 21.5 Å². The van der Waals surface area contributed by atoms with Gasteiger partial charge in [-0.1, -0.05) is 23.7 Å². The highest BCUT2D eigenvalue weighted by Crippen LogP contribution is 2.66. The van der Waals surface area contributed by atoms with Crippen LogP contribution in [0.15, 0.2) is 24.3 Å². The minimum atomic E-state index is -3.89. The fourth-order valence-electron chi connectivity index (χ4n) is 2.10. The van der Waals surface area contributed by atoms with E-state index in [0.717, 1.165) is 0 Å². The molecule has 0 amide bonds. The van der Waals surface area contributed by atoms with E-state index in [2.05, 4.69) is 6.07 Å². The van der Waals surface area contributed by atoms with E-state index >= 15 is 0 Å². The maximum atomic E-state index is 13.4. The number of halogens is 1. The molecule has 0 N–H and O–H groups in total. The molecule has 23 heavy (non-hydrogen) atoms. The van der Waals surface area contributed by atoms with Crippen LogP contribution in [0.5, 0.6) is 0 Å². The van der Waals surface area contributed by atoms with Gasteiger partial charge in [0.15, 0.2) is 8.32 Å². The largest absolute Gasteiger partial charge is 0.388 e. The van der Waals surface area contributed by atoms with Crippen LogP contribution in [0, 0.1) is 11.3 Å². The summed E-state index contributed by atoms with van der Waals surface area (Å²) >= 11 is 5.93. The van der Waals surface area contributed by atoms with Crippen LogP contribution >= 0.6 is 19.2 Å². The molecule has 0 bridgehead atoms. The van der Waals surface area contributed by atoms with Crippen molar-refractivity contribution in [2.75, 3.05) is 13.2 Å². The molecule has 0 heterocycles. The van der Waals surface area contributed by atoms with Crippen LogP contribution < -0.4 is 0 Å². The van der Waals surface area contributed by atoms with Crippen molar-refractivity contribution >= 4 is 27.5 Å². The highest BCUT2D eigenvalue weighted by atomic mass is 35.5. The topological polar surface area (TPSA) is 68.5 Å². The monoisotopic (exact) mass is 375 g/mol. The molecule has 128 valence electrons. The van der Waals surface area contributed by atoms with E-state index in [1.807, 2.05) is 19.6 Å². The Hall–Kier alpha value is -0.673. The van der Waals surface area contributed by atoms with Crippen molar-refractivity contribution < 1.29 is 18.0 Å². The highest BCUT2D eigenvalue weighted by molar-refractivity contribution is 7.55. The highest BCUT2D eigenvalue weighted by Gasteiger charge is 2.56. The van der Waals surface area contributed by atoms with Crippen LogP contribution in [0.1, 0.15) is 19.4 Å². The van der Waals surface area contributed by atoms with Gasteiger partial charge in [0.25, 0.3) is 5.34 Å². The van der Waals surface area contributed by atoms with Gasteiger partial charge in [-0.2, -0.15) is 5.26 Å². The lowest BCUT2D eigenvalue weighted by Crippen LogP contribution is -2.40. The Bertz CT molecular complexity index is 601. The van der Waals surface area contributed by atoms with Crippen LogP contribution in [0.4, 0.5) is 0 Å². The van der Waals surface area contributed by atoms with Crippen molar-refractivity contribution in [3.8, 4) is 6.07 Å². The molecular weight excluding hydrogens is 353 g/mol. The number of rotatable bonds is 8. The van der Waals surface area contributed by atoms with Gasteiger partial charge in [-0.15, -0.1) is 0 Å². The first kappa shape index (κ1) is 20.4. The standard InChI is InChI=1S/C15H23ClNO4PSi/c1-6-19-22(18,20-7-2)15(12-17,21-23(3,4)5)13-8-10-14(16)11-9-13/h8-11H,6-7H2,1-5H3. The van der Waals surface area contributed by atoms with Crippen LogP contribution in [0.2, 0.25) is 24.7 Å². The molecular formula is C15H23ClNO4PSi. The van der Waals surface area contributed by atoms with E-state index in [1.165, 1.54) is 0 Å². The van der Waals surface area contributed by atoms with E-state index in [9.17, 15) is 9.83 Å². The molecule has 1 aromatic carbocycles. The summed E-state index contributed by atoms with van der Waals surface area (Å²) in [6.45, 7) is 9.42. The Kier molecular flexibility index (Phi) is 7.03. The zero-order valence-electron chi connectivity index (χ0n) is 14.1. The summed E-state index contributed by atoms with van der Waals surface area (Å²) in [7, 11) is -6.15. The second-order valence-electron chi connectivity index (χ2n) is 5.81. The SMILES string of the molecule is CCOP(=O)(OCC)C(C#N)(O[Si](C)(C)C)c1ccc(Cl)cc1. The molecule has 0 aliphatic carbocycles.